The Kier molecular flexibility index (Phi) is 4.94. The monoisotopic (exact) mass is 379 g/mol. The van der Waals surface area contributed by atoms with Gasteiger partial charge in [-0.15, -0.1) is 5.10 Å². The van der Waals surface area contributed by atoms with Gasteiger partial charge in [0.2, 0.25) is 5.95 Å². The SMILES string of the molecule is Cc1c(Cl)cccc1Nc1nncc(Nc2ccccc2C(F)(F)F)n1. The van der Waals surface area contributed by atoms with Gasteiger partial charge in [-0.2, -0.15) is 23.3 Å². The van der Waals surface area contributed by atoms with Crippen LogP contribution in [0.5, 0.6) is 0 Å². The molecule has 0 aliphatic carbocycles. The van der Waals surface area contributed by atoms with E-state index in [1.807, 2.05) is 6.92 Å². The highest BCUT2D eigenvalue weighted by atomic mass is 35.5. The van der Waals surface area contributed by atoms with E-state index < -0.39 is 11.7 Å². The summed E-state index contributed by atoms with van der Waals surface area (Å²) in [5.41, 5.74) is 0.551. The van der Waals surface area contributed by atoms with Crippen LogP contribution in [0.25, 0.3) is 0 Å². The number of benzene rings is 2. The first kappa shape index (κ1) is 17.9. The Labute approximate surface area is 152 Å². The molecule has 0 saturated carbocycles. The highest BCUT2D eigenvalue weighted by molar-refractivity contribution is 6.31. The van der Waals surface area contributed by atoms with E-state index in [1.54, 1.807) is 18.2 Å². The molecule has 0 amide bonds. The van der Waals surface area contributed by atoms with Gasteiger partial charge in [0.25, 0.3) is 0 Å². The van der Waals surface area contributed by atoms with E-state index in [2.05, 4.69) is 25.8 Å². The Morgan fingerprint density at radius 3 is 2.46 bits per heavy atom. The van der Waals surface area contributed by atoms with Crippen LogP contribution in [0.2, 0.25) is 5.02 Å². The molecule has 134 valence electrons. The summed E-state index contributed by atoms with van der Waals surface area (Å²) in [4.78, 5) is 4.15. The molecule has 3 aromatic rings. The molecule has 0 atom stereocenters. The van der Waals surface area contributed by atoms with Gasteiger partial charge >= 0.3 is 6.18 Å². The van der Waals surface area contributed by atoms with Crippen molar-refractivity contribution in [2.45, 2.75) is 13.1 Å². The van der Waals surface area contributed by atoms with E-state index >= 15 is 0 Å². The Morgan fingerprint density at radius 1 is 0.962 bits per heavy atom. The van der Waals surface area contributed by atoms with Crippen molar-refractivity contribution in [2.75, 3.05) is 10.6 Å². The number of nitrogens with one attached hydrogen (secondary N) is 2. The molecule has 0 spiro atoms. The lowest BCUT2D eigenvalue weighted by Gasteiger charge is -2.14. The fourth-order valence-corrected chi connectivity index (χ4v) is 2.43. The van der Waals surface area contributed by atoms with Crippen molar-refractivity contribution in [3.05, 3.63) is 64.8 Å². The average molecular weight is 380 g/mol. The lowest BCUT2D eigenvalue weighted by atomic mass is 10.1. The normalized spacial score (nSPS) is 11.3. The van der Waals surface area contributed by atoms with E-state index in [9.17, 15) is 13.2 Å². The number of anilines is 4. The lowest BCUT2D eigenvalue weighted by Crippen LogP contribution is -2.09. The first-order valence-electron chi connectivity index (χ1n) is 7.49. The smallest absolute Gasteiger partial charge is 0.338 e. The number of rotatable bonds is 4. The van der Waals surface area contributed by atoms with Gasteiger partial charge in [0.1, 0.15) is 0 Å². The molecule has 9 heteroatoms. The molecule has 3 rings (SSSR count). The third-order valence-corrected chi connectivity index (χ3v) is 3.98. The van der Waals surface area contributed by atoms with Gasteiger partial charge in [0.05, 0.1) is 17.4 Å². The van der Waals surface area contributed by atoms with Crippen LogP contribution in [0.3, 0.4) is 0 Å². The summed E-state index contributed by atoms with van der Waals surface area (Å²) in [6.45, 7) is 1.82. The molecule has 26 heavy (non-hydrogen) atoms. The first-order chi connectivity index (χ1) is 12.3. The maximum atomic E-state index is 13.1. The third kappa shape index (κ3) is 4.02. The predicted octanol–water partition coefficient (Wildman–Crippen LogP) is 5.34. The quantitative estimate of drug-likeness (QED) is 0.640. The number of aromatic nitrogens is 3. The summed E-state index contributed by atoms with van der Waals surface area (Å²) in [5.74, 6) is 0.253. The Morgan fingerprint density at radius 2 is 1.69 bits per heavy atom. The van der Waals surface area contributed by atoms with Crippen LogP contribution in [0, 0.1) is 6.92 Å². The zero-order valence-electron chi connectivity index (χ0n) is 13.5. The Bertz CT molecular complexity index is 930. The van der Waals surface area contributed by atoms with Gasteiger partial charge in [0.15, 0.2) is 5.82 Å². The summed E-state index contributed by atoms with van der Waals surface area (Å²) in [5, 5.41) is 13.8. The molecule has 0 aliphatic heterocycles. The average Bonchev–Trinajstić information content (AvgIpc) is 2.59. The number of alkyl halides is 3. The number of hydrogen-bond donors (Lipinski definition) is 2. The van der Waals surface area contributed by atoms with Gasteiger partial charge in [-0.3, -0.25) is 0 Å². The van der Waals surface area contributed by atoms with Crippen molar-refractivity contribution in [3.8, 4) is 0 Å². The Hall–Kier alpha value is -2.87. The van der Waals surface area contributed by atoms with Crippen LogP contribution in [0.4, 0.5) is 36.3 Å². The minimum Gasteiger partial charge on any atom is -0.338 e. The van der Waals surface area contributed by atoms with Gasteiger partial charge in [-0.1, -0.05) is 29.8 Å². The minimum atomic E-state index is -4.48. The summed E-state index contributed by atoms with van der Waals surface area (Å²) >= 11 is 6.06. The molecule has 2 aromatic carbocycles. The fourth-order valence-electron chi connectivity index (χ4n) is 2.26. The molecule has 0 saturated heterocycles. The van der Waals surface area contributed by atoms with Crippen molar-refractivity contribution >= 4 is 34.7 Å². The number of nitrogens with zero attached hydrogens (tertiary/aromatic N) is 3. The summed E-state index contributed by atoms with van der Waals surface area (Å²) in [7, 11) is 0. The van der Waals surface area contributed by atoms with Crippen molar-refractivity contribution < 1.29 is 13.2 Å². The van der Waals surface area contributed by atoms with Crippen LogP contribution >= 0.6 is 11.6 Å². The molecule has 2 N–H and O–H groups in total. The highest BCUT2D eigenvalue weighted by Crippen LogP contribution is 2.35. The van der Waals surface area contributed by atoms with Crippen LogP contribution in [-0.4, -0.2) is 15.2 Å². The summed E-state index contributed by atoms with van der Waals surface area (Å²) in [6.07, 6.45) is -3.24. The van der Waals surface area contributed by atoms with Crippen LogP contribution in [0.1, 0.15) is 11.1 Å². The topological polar surface area (TPSA) is 62.7 Å². The number of hydrogen-bond acceptors (Lipinski definition) is 5. The first-order valence-corrected chi connectivity index (χ1v) is 7.87. The van der Waals surface area contributed by atoms with Crippen molar-refractivity contribution in [1.29, 1.82) is 0 Å². The molecular formula is C17H13ClF3N5. The zero-order chi connectivity index (χ0) is 18.7. The molecule has 0 unspecified atom stereocenters. The maximum absolute atomic E-state index is 13.1. The second-order valence-electron chi connectivity index (χ2n) is 5.37. The number of para-hydroxylation sites is 1. The molecule has 0 fully saturated rings. The van der Waals surface area contributed by atoms with E-state index in [0.717, 1.165) is 11.6 Å². The van der Waals surface area contributed by atoms with Gasteiger partial charge in [0, 0.05) is 10.7 Å². The van der Waals surface area contributed by atoms with Gasteiger partial charge < -0.3 is 10.6 Å². The van der Waals surface area contributed by atoms with Crippen LogP contribution < -0.4 is 10.6 Å². The number of halogens is 4. The van der Waals surface area contributed by atoms with Crippen LogP contribution in [-0.2, 0) is 6.18 Å². The zero-order valence-corrected chi connectivity index (χ0v) is 14.2. The van der Waals surface area contributed by atoms with E-state index in [-0.39, 0.29) is 17.5 Å². The highest BCUT2D eigenvalue weighted by Gasteiger charge is 2.33. The second kappa shape index (κ2) is 7.17. The molecule has 0 aliphatic rings. The molecule has 0 radical (unpaired) electrons. The summed E-state index contributed by atoms with van der Waals surface area (Å²) in [6, 6.07) is 10.4. The second-order valence-corrected chi connectivity index (χ2v) is 5.78. The molecule has 0 bridgehead atoms. The minimum absolute atomic E-state index is 0.120. The molecule has 1 heterocycles. The summed E-state index contributed by atoms with van der Waals surface area (Å²) < 4.78 is 39.3. The van der Waals surface area contributed by atoms with E-state index in [0.29, 0.717) is 10.7 Å². The lowest BCUT2D eigenvalue weighted by molar-refractivity contribution is -0.136. The maximum Gasteiger partial charge on any atom is 0.418 e. The largest absolute Gasteiger partial charge is 0.418 e. The van der Waals surface area contributed by atoms with Crippen molar-refractivity contribution in [3.63, 3.8) is 0 Å². The predicted molar refractivity (Wildman–Crippen MR) is 94.0 cm³/mol. The van der Waals surface area contributed by atoms with Crippen molar-refractivity contribution in [1.82, 2.24) is 15.2 Å². The Balaban J connectivity index is 1.86. The van der Waals surface area contributed by atoms with Gasteiger partial charge in [-0.05, 0) is 36.8 Å². The van der Waals surface area contributed by atoms with Crippen molar-refractivity contribution in [2.24, 2.45) is 0 Å². The van der Waals surface area contributed by atoms with E-state index in [4.69, 9.17) is 11.6 Å². The van der Waals surface area contributed by atoms with E-state index in [1.165, 1.54) is 24.4 Å². The fraction of sp³-hybridized carbons (Fsp3) is 0.118. The molecule has 5 nitrogen and oxygen atoms in total. The third-order valence-electron chi connectivity index (χ3n) is 3.57. The standard InChI is InChI=1S/C17H13ClF3N5/c1-10-12(18)6-4-8-13(10)24-16-25-15(9-22-26-16)23-14-7-3-2-5-11(14)17(19,20)21/h2-9H,1H3,(H2,23,24,25,26). The van der Waals surface area contributed by atoms with Gasteiger partial charge in [-0.25, -0.2) is 0 Å². The molecule has 1 aromatic heterocycles. The van der Waals surface area contributed by atoms with Crippen LogP contribution in [0.15, 0.2) is 48.7 Å². The molecular weight excluding hydrogens is 367 g/mol.